The predicted octanol–water partition coefficient (Wildman–Crippen LogP) is 4.38. The molecule has 1 aromatic carbocycles. The van der Waals surface area contributed by atoms with Crippen LogP contribution in [0.25, 0.3) is 21.3 Å². The number of H-pyrrole nitrogens is 1. The van der Waals surface area contributed by atoms with Crippen molar-refractivity contribution >= 4 is 44.3 Å². The third-order valence-corrected chi connectivity index (χ3v) is 6.26. The van der Waals surface area contributed by atoms with Crippen molar-refractivity contribution in [3.63, 3.8) is 0 Å². The summed E-state index contributed by atoms with van der Waals surface area (Å²) >= 11 is 3.11. The Hall–Kier alpha value is -2.38. The number of thiophene rings is 1. The fourth-order valence-corrected chi connectivity index (χ4v) is 4.72. The molecule has 3 heterocycles. The van der Waals surface area contributed by atoms with Crippen LogP contribution in [-0.2, 0) is 18.7 Å². The van der Waals surface area contributed by atoms with Gasteiger partial charge in [0.15, 0.2) is 5.16 Å². The zero-order valence-electron chi connectivity index (χ0n) is 14.4. The van der Waals surface area contributed by atoms with Gasteiger partial charge < -0.3 is 4.98 Å². The van der Waals surface area contributed by atoms with E-state index in [0.717, 1.165) is 28.1 Å². The van der Waals surface area contributed by atoms with Crippen molar-refractivity contribution in [1.82, 2.24) is 19.5 Å². The molecule has 0 amide bonds. The lowest BCUT2D eigenvalue weighted by atomic mass is 10.3. The van der Waals surface area contributed by atoms with Crippen molar-refractivity contribution in [2.75, 3.05) is 0 Å². The van der Waals surface area contributed by atoms with E-state index in [0.29, 0.717) is 22.8 Å². The molecule has 0 fully saturated rings. The van der Waals surface area contributed by atoms with E-state index in [4.69, 9.17) is 4.98 Å². The Bertz CT molecular complexity index is 1120. The van der Waals surface area contributed by atoms with Gasteiger partial charge in [-0.15, -0.1) is 17.9 Å². The van der Waals surface area contributed by atoms with Crippen LogP contribution < -0.4 is 5.56 Å². The van der Waals surface area contributed by atoms with Crippen molar-refractivity contribution in [1.29, 1.82) is 0 Å². The molecule has 0 aliphatic rings. The molecule has 4 aromatic rings. The smallest absolute Gasteiger partial charge is 0.263 e. The highest BCUT2D eigenvalue weighted by atomic mass is 32.2. The molecule has 132 valence electrons. The molecule has 1 N–H and O–H groups in total. The SMILES string of the molecule is C=CCn1c(SCc2nc3ccccc3[nH]2)nc2sc(CC)cc2c1=O. The quantitative estimate of drug-likeness (QED) is 0.305. The molecule has 0 saturated heterocycles. The van der Waals surface area contributed by atoms with Crippen molar-refractivity contribution in [3.8, 4) is 0 Å². The average Bonchev–Trinajstić information content (AvgIpc) is 3.26. The molecule has 0 aliphatic heterocycles. The summed E-state index contributed by atoms with van der Waals surface area (Å²) in [5, 5.41) is 1.40. The second kappa shape index (κ2) is 7.09. The largest absolute Gasteiger partial charge is 0.341 e. The summed E-state index contributed by atoms with van der Waals surface area (Å²) in [4.78, 5) is 27.5. The molecule has 0 spiro atoms. The van der Waals surface area contributed by atoms with Crippen molar-refractivity contribution in [3.05, 3.63) is 64.0 Å². The minimum Gasteiger partial charge on any atom is -0.341 e. The molecule has 0 atom stereocenters. The van der Waals surface area contributed by atoms with E-state index in [1.54, 1.807) is 22.0 Å². The number of benzene rings is 1. The molecule has 26 heavy (non-hydrogen) atoms. The summed E-state index contributed by atoms with van der Waals surface area (Å²) in [6, 6.07) is 9.90. The highest BCUT2D eigenvalue weighted by molar-refractivity contribution is 7.98. The van der Waals surface area contributed by atoms with Crippen LogP contribution in [-0.4, -0.2) is 19.5 Å². The van der Waals surface area contributed by atoms with Gasteiger partial charge in [-0.1, -0.05) is 36.9 Å². The first-order valence-corrected chi connectivity index (χ1v) is 10.2. The minimum atomic E-state index is -0.00189. The maximum absolute atomic E-state index is 12.9. The molecule has 0 radical (unpaired) electrons. The predicted molar refractivity (Wildman–Crippen MR) is 109 cm³/mol. The van der Waals surface area contributed by atoms with Gasteiger partial charge in [0.05, 0.1) is 22.2 Å². The minimum absolute atomic E-state index is 0.00189. The average molecular weight is 383 g/mol. The number of aryl methyl sites for hydroxylation is 1. The van der Waals surface area contributed by atoms with Gasteiger partial charge in [-0.05, 0) is 24.6 Å². The summed E-state index contributed by atoms with van der Waals surface area (Å²) < 4.78 is 1.69. The Morgan fingerprint density at radius 2 is 2.19 bits per heavy atom. The first-order chi connectivity index (χ1) is 12.7. The number of rotatable bonds is 6. The zero-order valence-corrected chi connectivity index (χ0v) is 16.0. The summed E-state index contributed by atoms with van der Waals surface area (Å²) in [5.74, 6) is 1.49. The summed E-state index contributed by atoms with van der Waals surface area (Å²) in [6.07, 6.45) is 2.64. The maximum atomic E-state index is 12.9. The number of imidazole rings is 1. The Morgan fingerprint density at radius 3 is 2.96 bits per heavy atom. The Morgan fingerprint density at radius 1 is 1.35 bits per heavy atom. The summed E-state index contributed by atoms with van der Waals surface area (Å²) in [6.45, 7) is 6.31. The number of nitrogens with zero attached hydrogens (tertiary/aromatic N) is 3. The van der Waals surface area contributed by atoms with E-state index in [1.165, 1.54) is 16.6 Å². The number of thioether (sulfide) groups is 1. The van der Waals surface area contributed by atoms with E-state index in [2.05, 4.69) is 23.5 Å². The normalized spacial score (nSPS) is 11.4. The molecular weight excluding hydrogens is 364 g/mol. The van der Waals surface area contributed by atoms with Crippen LogP contribution in [0.1, 0.15) is 17.6 Å². The van der Waals surface area contributed by atoms with E-state index < -0.39 is 0 Å². The topological polar surface area (TPSA) is 63.6 Å². The number of para-hydroxylation sites is 2. The standard InChI is InChI=1S/C19H18N4OS2/c1-3-9-23-18(24)13-10-12(4-2)26-17(13)22-19(23)25-11-16-20-14-7-5-6-8-15(14)21-16/h3,5-8,10H,1,4,9,11H2,2H3,(H,20,21). The number of hydrogen-bond acceptors (Lipinski definition) is 5. The van der Waals surface area contributed by atoms with Crippen molar-refractivity contribution in [2.45, 2.75) is 30.8 Å². The zero-order chi connectivity index (χ0) is 18.1. The number of aromatic nitrogens is 4. The van der Waals surface area contributed by atoms with Crippen LogP contribution >= 0.6 is 23.1 Å². The van der Waals surface area contributed by atoms with E-state index in [1.807, 2.05) is 30.3 Å². The first-order valence-electron chi connectivity index (χ1n) is 8.40. The lowest BCUT2D eigenvalue weighted by Gasteiger charge is -2.09. The molecule has 0 saturated carbocycles. The van der Waals surface area contributed by atoms with Crippen LogP contribution in [0.5, 0.6) is 0 Å². The monoisotopic (exact) mass is 382 g/mol. The first kappa shape index (κ1) is 17.1. The van der Waals surface area contributed by atoms with Crippen molar-refractivity contribution < 1.29 is 0 Å². The fourth-order valence-electron chi connectivity index (χ4n) is 2.83. The Labute approximate surface area is 158 Å². The maximum Gasteiger partial charge on any atom is 0.263 e. The number of aromatic amines is 1. The van der Waals surface area contributed by atoms with Crippen LogP contribution in [0.3, 0.4) is 0 Å². The van der Waals surface area contributed by atoms with Gasteiger partial charge in [0.1, 0.15) is 10.7 Å². The highest BCUT2D eigenvalue weighted by Crippen LogP contribution is 2.26. The van der Waals surface area contributed by atoms with Gasteiger partial charge in [0.25, 0.3) is 5.56 Å². The molecule has 0 unspecified atom stereocenters. The third kappa shape index (κ3) is 3.08. The third-order valence-electron chi connectivity index (χ3n) is 4.10. The van der Waals surface area contributed by atoms with Crippen LogP contribution in [0.15, 0.2) is 52.9 Å². The second-order valence-corrected chi connectivity index (χ2v) is 7.93. The van der Waals surface area contributed by atoms with E-state index >= 15 is 0 Å². The van der Waals surface area contributed by atoms with Crippen LogP contribution in [0.2, 0.25) is 0 Å². The van der Waals surface area contributed by atoms with Crippen LogP contribution in [0.4, 0.5) is 0 Å². The summed E-state index contributed by atoms with van der Waals surface area (Å²) in [7, 11) is 0. The second-order valence-electron chi connectivity index (χ2n) is 5.87. The highest BCUT2D eigenvalue weighted by Gasteiger charge is 2.14. The number of nitrogens with one attached hydrogen (secondary N) is 1. The van der Waals surface area contributed by atoms with E-state index in [-0.39, 0.29) is 5.56 Å². The van der Waals surface area contributed by atoms with Gasteiger partial charge in [-0.3, -0.25) is 9.36 Å². The molecule has 3 aromatic heterocycles. The fraction of sp³-hybridized carbons (Fsp3) is 0.211. The molecule has 0 bridgehead atoms. The van der Waals surface area contributed by atoms with Gasteiger partial charge in [-0.2, -0.15) is 0 Å². The lowest BCUT2D eigenvalue weighted by Crippen LogP contribution is -2.22. The molecule has 4 rings (SSSR count). The molecule has 5 nitrogen and oxygen atoms in total. The Kier molecular flexibility index (Phi) is 4.65. The van der Waals surface area contributed by atoms with Gasteiger partial charge in [-0.25, -0.2) is 9.97 Å². The number of hydrogen-bond donors (Lipinski definition) is 1. The molecule has 7 heteroatoms. The van der Waals surface area contributed by atoms with Crippen LogP contribution in [0, 0.1) is 0 Å². The number of fused-ring (bicyclic) bond motifs is 2. The summed E-state index contributed by atoms with van der Waals surface area (Å²) in [5.41, 5.74) is 1.96. The number of allylic oxidation sites excluding steroid dienone is 1. The van der Waals surface area contributed by atoms with Gasteiger partial charge in [0, 0.05) is 11.4 Å². The molecule has 0 aliphatic carbocycles. The van der Waals surface area contributed by atoms with Gasteiger partial charge in [0.2, 0.25) is 0 Å². The van der Waals surface area contributed by atoms with Crippen molar-refractivity contribution in [2.24, 2.45) is 0 Å². The van der Waals surface area contributed by atoms with Gasteiger partial charge >= 0.3 is 0 Å². The lowest BCUT2D eigenvalue weighted by molar-refractivity contribution is 0.672. The molecular formula is C19H18N4OS2. The Balaban J connectivity index is 1.70. The van der Waals surface area contributed by atoms with E-state index in [9.17, 15) is 4.79 Å².